The number of aromatic hydroxyl groups is 2. The molecule has 1 aliphatic heterocycles. The number of benzene rings is 1. The third-order valence-corrected chi connectivity index (χ3v) is 3.98. The zero-order valence-electron chi connectivity index (χ0n) is 12.4. The third kappa shape index (κ3) is 1.93. The summed E-state index contributed by atoms with van der Waals surface area (Å²) in [6.45, 7) is 0. The van der Waals surface area contributed by atoms with E-state index in [1.807, 2.05) is 0 Å². The highest BCUT2D eigenvalue weighted by molar-refractivity contribution is 5.96. The van der Waals surface area contributed by atoms with Gasteiger partial charge in [0.05, 0.1) is 17.0 Å². The molecule has 0 aliphatic carbocycles. The lowest BCUT2D eigenvalue weighted by Gasteiger charge is -2.28. The average molecular weight is 320 g/mol. The number of ether oxygens (including phenoxy) is 1. The van der Waals surface area contributed by atoms with Crippen LogP contribution in [0.3, 0.4) is 0 Å². The molecule has 6 heteroatoms. The molecule has 0 spiro atoms. The molecule has 0 radical (unpaired) electrons. The van der Waals surface area contributed by atoms with Crippen molar-refractivity contribution >= 4 is 5.97 Å². The number of pyridine rings is 2. The Balaban J connectivity index is 2.08. The maximum absolute atomic E-state index is 12.4. The largest absolute Gasteiger partial charge is 0.508 e. The summed E-state index contributed by atoms with van der Waals surface area (Å²) in [5, 5.41) is 19.7. The predicted octanol–water partition coefficient (Wildman–Crippen LogP) is 2.35. The number of carbonyl (C=O) groups is 1. The van der Waals surface area contributed by atoms with E-state index >= 15 is 0 Å². The number of rotatable bonds is 2. The van der Waals surface area contributed by atoms with Crippen LogP contribution < -0.4 is 0 Å². The van der Waals surface area contributed by atoms with E-state index in [4.69, 9.17) is 4.74 Å². The molecule has 118 valence electrons. The molecule has 0 bridgehead atoms. The Morgan fingerprint density at radius 1 is 0.875 bits per heavy atom. The normalized spacial score (nSPS) is 14.9. The molecule has 3 aromatic rings. The molecule has 0 saturated heterocycles. The van der Waals surface area contributed by atoms with Crippen LogP contribution in [0, 0.1) is 0 Å². The van der Waals surface area contributed by atoms with Crippen LogP contribution in [-0.4, -0.2) is 26.2 Å². The van der Waals surface area contributed by atoms with Gasteiger partial charge in [0.25, 0.3) is 0 Å². The molecule has 1 aliphatic rings. The van der Waals surface area contributed by atoms with Crippen LogP contribution in [0.1, 0.15) is 27.3 Å². The van der Waals surface area contributed by atoms with Crippen LogP contribution in [0.4, 0.5) is 0 Å². The van der Waals surface area contributed by atoms with Crippen LogP contribution >= 0.6 is 0 Å². The Hall–Kier alpha value is -3.41. The Morgan fingerprint density at radius 2 is 1.46 bits per heavy atom. The molecule has 2 N–H and O–H groups in total. The SMILES string of the molecule is O=C1OC(c2cc(O)ccn2)(c2cc(O)ccn2)c2ccccc21. The Labute approximate surface area is 137 Å². The second kappa shape index (κ2) is 5.06. The van der Waals surface area contributed by atoms with Gasteiger partial charge < -0.3 is 14.9 Å². The molecular formula is C18H12N2O4. The molecule has 3 heterocycles. The van der Waals surface area contributed by atoms with Crippen molar-refractivity contribution in [1.82, 2.24) is 9.97 Å². The van der Waals surface area contributed by atoms with Crippen molar-refractivity contribution in [2.24, 2.45) is 0 Å². The van der Waals surface area contributed by atoms with Gasteiger partial charge in [-0.1, -0.05) is 18.2 Å². The summed E-state index contributed by atoms with van der Waals surface area (Å²) in [6.07, 6.45) is 2.84. The highest BCUT2D eigenvalue weighted by Gasteiger charge is 2.51. The highest BCUT2D eigenvalue weighted by Crippen LogP contribution is 2.46. The van der Waals surface area contributed by atoms with Crippen LogP contribution in [0.15, 0.2) is 60.9 Å². The van der Waals surface area contributed by atoms with Gasteiger partial charge in [-0.15, -0.1) is 0 Å². The molecule has 4 rings (SSSR count). The lowest BCUT2D eigenvalue weighted by atomic mass is 9.85. The summed E-state index contributed by atoms with van der Waals surface area (Å²) in [5.74, 6) is -0.541. The van der Waals surface area contributed by atoms with Crippen molar-refractivity contribution in [3.8, 4) is 11.5 Å². The first-order valence-corrected chi connectivity index (χ1v) is 7.25. The summed E-state index contributed by atoms with van der Waals surface area (Å²) in [5.41, 5.74) is 0.141. The van der Waals surface area contributed by atoms with E-state index in [9.17, 15) is 15.0 Å². The first kappa shape index (κ1) is 14.2. The van der Waals surface area contributed by atoms with E-state index in [1.54, 1.807) is 24.3 Å². The number of esters is 1. The van der Waals surface area contributed by atoms with Crippen molar-refractivity contribution < 1.29 is 19.7 Å². The van der Waals surface area contributed by atoms with Crippen LogP contribution in [0.25, 0.3) is 0 Å². The minimum atomic E-state index is -1.43. The van der Waals surface area contributed by atoms with Crippen LogP contribution in [-0.2, 0) is 10.3 Å². The third-order valence-electron chi connectivity index (χ3n) is 3.98. The Morgan fingerprint density at radius 3 is 2.04 bits per heavy atom. The summed E-state index contributed by atoms with van der Waals surface area (Å²) in [7, 11) is 0. The van der Waals surface area contributed by atoms with Gasteiger partial charge in [-0.05, 0) is 18.2 Å². The summed E-state index contributed by atoms with van der Waals surface area (Å²) < 4.78 is 5.72. The van der Waals surface area contributed by atoms with Crippen molar-refractivity contribution in [2.75, 3.05) is 0 Å². The van der Waals surface area contributed by atoms with Gasteiger partial charge in [0.2, 0.25) is 5.60 Å². The smallest absolute Gasteiger partial charge is 0.340 e. The fourth-order valence-electron chi connectivity index (χ4n) is 2.95. The van der Waals surface area contributed by atoms with E-state index < -0.39 is 11.6 Å². The summed E-state index contributed by atoms with van der Waals surface area (Å²) in [4.78, 5) is 20.9. The number of aromatic nitrogens is 2. The number of carbonyl (C=O) groups excluding carboxylic acids is 1. The van der Waals surface area contributed by atoms with Gasteiger partial charge in [-0.3, -0.25) is 9.97 Å². The van der Waals surface area contributed by atoms with Crippen LogP contribution in [0.5, 0.6) is 11.5 Å². The monoisotopic (exact) mass is 320 g/mol. The van der Waals surface area contributed by atoms with Crippen molar-refractivity contribution in [2.45, 2.75) is 5.60 Å². The van der Waals surface area contributed by atoms with Gasteiger partial charge in [0.15, 0.2) is 0 Å². The van der Waals surface area contributed by atoms with Crippen molar-refractivity contribution in [3.63, 3.8) is 0 Å². The number of hydrogen-bond donors (Lipinski definition) is 2. The second-order valence-corrected chi connectivity index (χ2v) is 5.41. The number of cyclic esters (lactones) is 1. The van der Waals surface area contributed by atoms with E-state index in [1.165, 1.54) is 36.7 Å². The van der Waals surface area contributed by atoms with Gasteiger partial charge >= 0.3 is 5.97 Å². The zero-order chi connectivity index (χ0) is 16.7. The van der Waals surface area contributed by atoms with Crippen LogP contribution in [0.2, 0.25) is 0 Å². The molecule has 0 unspecified atom stereocenters. The summed E-state index contributed by atoms with van der Waals surface area (Å²) in [6, 6.07) is 12.6. The van der Waals surface area contributed by atoms with E-state index in [2.05, 4.69) is 9.97 Å². The second-order valence-electron chi connectivity index (χ2n) is 5.41. The molecule has 1 aromatic carbocycles. The Bertz CT molecular complexity index is 910. The lowest BCUT2D eigenvalue weighted by molar-refractivity contribution is 0.0224. The maximum Gasteiger partial charge on any atom is 0.340 e. The van der Waals surface area contributed by atoms with E-state index in [-0.39, 0.29) is 11.5 Å². The molecule has 24 heavy (non-hydrogen) atoms. The fourth-order valence-corrected chi connectivity index (χ4v) is 2.95. The molecule has 0 saturated carbocycles. The zero-order valence-corrected chi connectivity index (χ0v) is 12.4. The molecule has 0 atom stereocenters. The molecule has 2 aromatic heterocycles. The molecule has 6 nitrogen and oxygen atoms in total. The number of fused-ring (bicyclic) bond motifs is 1. The van der Waals surface area contributed by atoms with Gasteiger partial charge in [-0.2, -0.15) is 0 Å². The highest BCUT2D eigenvalue weighted by atomic mass is 16.6. The first-order valence-electron chi connectivity index (χ1n) is 7.25. The molecule has 0 fully saturated rings. The first-order chi connectivity index (χ1) is 11.6. The maximum atomic E-state index is 12.4. The number of hydrogen-bond acceptors (Lipinski definition) is 6. The van der Waals surface area contributed by atoms with E-state index in [0.29, 0.717) is 22.5 Å². The van der Waals surface area contributed by atoms with Crippen molar-refractivity contribution in [3.05, 3.63) is 83.4 Å². The quantitative estimate of drug-likeness (QED) is 0.704. The topological polar surface area (TPSA) is 92.5 Å². The van der Waals surface area contributed by atoms with E-state index in [0.717, 1.165) is 0 Å². The van der Waals surface area contributed by atoms with Gasteiger partial charge in [-0.25, -0.2) is 4.79 Å². The predicted molar refractivity (Wildman–Crippen MR) is 83.5 cm³/mol. The Kier molecular flexibility index (Phi) is 2.99. The fraction of sp³-hybridized carbons (Fsp3) is 0.0556. The average Bonchev–Trinajstić information content (AvgIpc) is 2.89. The standard InChI is InChI=1S/C18H12N2O4/c21-11-5-7-19-15(9-11)18(16-10-12(22)6-8-20-16)14-4-2-1-3-13(14)17(23)24-18/h1-10H,(H,19,21)(H,20,22). The van der Waals surface area contributed by atoms with Gasteiger partial charge in [0.1, 0.15) is 11.5 Å². The minimum absolute atomic E-state index is 0.0139. The van der Waals surface area contributed by atoms with Crippen molar-refractivity contribution in [1.29, 1.82) is 0 Å². The lowest BCUT2D eigenvalue weighted by Crippen LogP contribution is -2.31. The molecule has 0 amide bonds. The summed E-state index contributed by atoms with van der Waals surface area (Å²) >= 11 is 0. The molecular weight excluding hydrogens is 308 g/mol. The number of nitrogens with zero attached hydrogens (tertiary/aromatic N) is 2. The van der Waals surface area contributed by atoms with Gasteiger partial charge in [0, 0.05) is 30.1 Å². The minimum Gasteiger partial charge on any atom is -0.508 e.